The molecule has 0 fully saturated rings. The van der Waals surface area contributed by atoms with Crippen LogP contribution in [0.15, 0.2) is 36.7 Å². The molecule has 3 N–H and O–H groups in total. The van der Waals surface area contributed by atoms with Crippen molar-refractivity contribution in [1.82, 2.24) is 9.97 Å². The highest BCUT2D eigenvalue weighted by atomic mass is 16.6. The molecule has 2 aromatic rings. The number of nitrogen functional groups attached to an aromatic ring is 1. The van der Waals surface area contributed by atoms with Gasteiger partial charge < -0.3 is 11.1 Å². The molecule has 0 amide bonds. The van der Waals surface area contributed by atoms with Crippen LogP contribution < -0.4 is 11.1 Å². The van der Waals surface area contributed by atoms with Crippen molar-refractivity contribution in [3.05, 3.63) is 52.3 Å². The van der Waals surface area contributed by atoms with Gasteiger partial charge in [0.15, 0.2) is 0 Å². The third-order valence-electron chi connectivity index (χ3n) is 2.65. The molecule has 98 valence electrons. The van der Waals surface area contributed by atoms with Gasteiger partial charge in [-0.15, -0.1) is 0 Å². The van der Waals surface area contributed by atoms with E-state index < -0.39 is 4.92 Å². The van der Waals surface area contributed by atoms with Crippen LogP contribution in [-0.2, 0) is 0 Å². The van der Waals surface area contributed by atoms with Crippen molar-refractivity contribution in [2.24, 2.45) is 0 Å². The maximum atomic E-state index is 10.6. The Bertz CT molecular complexity index is 588. The second kappa shape index (κ2) is 5.30. The number of hydrogen-bond donors (Lipinski definition) is 2. The molecule has 19 heavy (non-hydrogen) atoms. The number of nitrogens with zero attached hydrogens (tertiary/aromatic N) is 3. The molecule has 0 saturated carbocycles. The van der Waals surface area contributed by atoms with E-state index in [0.29, 0.717) is 5.82 Å². The van der Waals surface area contributed by atoms with E-state index in [1.807, 2.05) is 19.1 Å². The average Bonchev–Trinajstić information content (AvgIpc) is 2.39. The number of nitro groups is 1. The Balaban J connectivity index is 2.16. The van der Waals surface area contributed by atoms with Gasteiger partial charge in [-0.25, -0.2) is 4.98 Å². The maximum absolute atomic E-state index is 10.6. The van der Waals surface area contributed by atoms with Gasteiger partial charge in [0.25, 0.3) is 0 Å². The van der Waals surface area contributed by atoms with E-state index in [9.17, 15) is 10.1 Å². The predicted molar refractivity (Wildman–Crippen MR) is 71.6 cm³/mol. The Morgan fingerprint density at radius 2 is 2.21 bits per heavy atom. The third kappa shape index (κ3) is 2.95. The van der Waals surface area contributed by atoms with Crippen LogP contribution in [0, 0.1) is 10.1 Å². The Morgan fingerprint density at radius 3 is 2.79 bits per heavy atom. The van der Waals surface area contributed by atoms with E-state index in [1.165, 1.54) is 12.1 Å². The van der Waals surface area contributed by atoms with E-state index >= 15 is 0 Å². The lowest BCUT2D eigenvalue weighted by molar-refractivity contribution is -0.384. The van der Waals surface area contributed by atoms with Crippen LogP contribution in [0.4, 0.5) is 17.3 Å². The molecule has 0 aliphatic heterocycles. The SMILES string of the molecule is CC(Nc1ccc([N+](=O)[O-])c(N)n1)c1cccnc1. The lowest BCUT2D eigenvalue weighted by Crippen LogP contribution is -2.09. The number of aromatic nitrogens is 2. The number of hydrogen-bond acceptors (Lipinski definition) is 6. The van der Waals surface area contributed by atoms with Crippen LogP contribution in [0.3, 0.4) is 0 Å². The number of anilines is 2. The van der Waals surface area contributed by atoms with Crippen molar-refractivity contribution in [3.63, 3.8) is 0 Å². The second-order valence-electron chi connectivity index (χ2n) is 4.01. The molecule has 0 aliphatic carbocycles. The van der Waals surface area contributed by atoms with Crippen molar-refractivity contribution in [2.75, 3.05) is 11.1 Å². The zero-order valence-electron chi connectivity index (χ0n) is 10.3. The molecule has 2 rings (SSSR count). The van der Waals surface area contributed by atoms with E-state index in [4.69, 9.17) is 5.73 Å². The first-order chi connectivity index (χ1) is 9.08. The molecule has 1 unspecified atom stereocenters. The highest BCUT2D eigenvalue weighted by molar-refractivity contribution is 5.57. The van der Waals surface area contributed by atoms with Crippen LogP contribution >= 0.6 is 0 Å². The molecule has 2 heterocycles. The zero-order valence-corrected chi connectivity index (χ0v) is 10.3. The Kier molecular flexibility index (Phi) is 3.56. The fourth-order valence-electron chi connectivity index (χ4n) is 1.64. The van der Waals surface area contributed by atoms with Gasteiger partial charge in [-0.1, -0.05) is 6.07 Å². The summed E-state index contributed by atoms with van der Waals surface area (Å²) < 4.78 is 0. The lowest BCUT2D eigenvalue weighted by Gasteiger charge is -2.14. The number of rotatable bonds is 4. The largest absolute Gasteiger partial charge is 0.378 e. The van der Waals surface area contributed by atoms with Gasteiger partial charge in [0.05, 0.1) is 11.0 Å². The summed E-state index contributed by atoms with van der Waals surface area (Å²) in [6, 6.07) is 6.61. The van der Waals surface area contributed by atoms with Gasteiger partial charge in [-0.3, -0.25) is 15.1 Å². The Morgan fingerprint density at radius 1 is 1.42 bits per heavy atom. The summed E-state index contributed by atoms with van der Waals surface area (Å²) >= 11 is 0. The second-order valence-corrected chi connectivity index (χ2v) is 4.01. The molecule has 0 aliphatic rings. The molecule has 0 aromatic carbocycles. The summed E-state index contributed by atoms with van der Waals surface area (Å²) in [5, 5.41) is 13.7. The Labute approximate surface area is 109 Å². The summed E-state index contributed by atoms with van der Waals surface area (Å²) in [4.78, 5) is 18.1. The highest BCUT2D eigenvalue weighted by Crippen LogP contribution is 2.23. The first-order valence-electron chi connectivity index (χ1n) is 5.65. The molecule has 0 bridgehead atoms. The van der Waals surface area contributed by atoms with Crippen LogP contribution in [0.25, 0.3) is 0 Å². The molecule has 7 heteroatoms. The molecular formula is C12H13N5O2. The van der Waals surface area contributed by atoms with Gasteiger partial charge in [-0.05, 0) is 24.6 Å². The molecule has 0 saturated heterocycles. The molecule has 7 nitrogen and oxygen atoms in total. The normalized spacial score (nSPS) is 11.8. The summed E-state index contributed by atoms with van der Waals surface area (Å²) in [5.74, 6) is 0.382. The molecule has 1 atom stereocenters. The number of nitrogens with one attached hydrogen (secondary N) is 1. The average molecular weight is 259 g/mol. The fraction of sp³-hybridized carbons (Fsp3) is 0.167. The van der Waals surface area contributed by atoms with E-state index in [2.05, 4.69) is 15.3 Å². The van der Waals surface area contributed by atoms with Crippen molar-refractivity contribution in [1.29, 1.82) is 0 Å². The summed E-state index contributed by atoms with van der Waals surface area (Å²) in [6.07, 6.45) is 3.44. The van der Waals surface area contributed by atoms with Gasteiger partial charge in [0, 0.05) is 18.5 Å². The fourth-order valence-corrected chi connectivity index (χ4v) is 1.64. The maximum Gasteiger partial charge on any atom is 0.311 e. The quantitative estimate of drug-likeness (QED) is 0.643. The standard InChI is InChI=1S/C12H13N5O2/c1-8(9-3-2-6-14-7-9)15-11-5-4-10(17(18)19)12(13)16-11/h2-8H,1H3,(H3,13,15,16). The van der Waals surface area contributed by atoms with Crippen LogP contribution in [-0.4, -0.2) is 14.9 Å². The van der Waals surface area contributed by atoms with Gasteiger partial charge >= 0.3 is 5.69 Å². The van der Waals surface area contributed by atoms with Gasteiger partial charge in [0.1, 0.15) is 5.82 Å². The zero-order chi connectivity index (χ0) is 13.8. The van der Waals surface area contributed by atoms with Crippen LogP contribution in [0.2, 0.25) is 0 Å². The van der Waals surface area contributed by atoms with E-state index in [1.54, 1.807) is 12.4 Å². The minimum absolute atomic E-state index is 0.0259. The van der Waals surface area contributed by atoms with E-state index in [0.717, 1.165) is 5.56 Å². The minimum Gasteiger partial charge on any atom is -0.378 e. The molecule has 2 aromatic heterocycles. The lowest BCUT2D eigenvalue weighted by atomic mass is 10.1. The van der Waals surface area contributed by atoms with E-state index in [-0.39, 0.29) is 17.5 Å². The molecule has 0 radical (unpaired) electrons. The highest BCUT2D eigenvalue weighted by Gasteiger charge is 2.14. The van der Waals surface area contributed by atoms with Crippen LogP contribution in [0.5, 0.6) is 0 Å². The third-order valence-corrected chi connectivity index (χ3v) is 2.65. The first-order valence-corrected chi connectivity index (χ1v) is 5.65. The minimum atomic E-state index is -0.559. The van der Waals surface area contributed by atoms with Crippen molar-refractivity contribution < 1.29 is 4.92 Å². The predicted octanol–water partition coefficient (Wildman–Crippen LogP) is 2.14. The smallest absolute Gasteiger partial charge is 0.311 e. The van der Waals surface area contributed by atoms with Crippen molar-refractivity contribution in [2.45, 2.75) is 13.0 Å². The first kappa shape index (κ1) is 12.7. The number of nitrogens with two attached hydrogens (primary N) is 1. The van der Waals surface area contributed by atoms with Crippen molar-refractivity contribution in [3.8, 4) is 0 Å². The summed E-state index contributed by atoms with van der Waals surface area (Å²) in [7, 11) is 0. The van der Waals surface area contributed by atoms with Gasteiger partial charge in [0.2, 0.25) is 5.82 Å². The monoisotopic (exact) mass is 259 g/mol. The topological polar surface area (TPSA) is 107 Å². The number of pyridine rings is 2. The summed E-state index contributed by atoms with van der Waals surface area (Å²) in [6.45, 7) is 1.94. The van der Waals surface area contributed by atoms with Crippen molar-refractivity contribution >= 4 is 17.3 Å². The summed E-state index contributed by atoms with van der Waals surface area (Å²) in [5.41, 5.74) is 6.32. The molecular weight excluding hydrogens is 246 g/mol. The van der Waals surface area contributed by atoms with Gasteiger partial charge in [-0.2, -0.15) is 0 Å². The van der Waals surface area contributed by atoms with Crippen LogP contribution in [0.1, 0.15) is 18.5 Å². The molecule has 0 spiro atoms. The Hall–Kier alpha value is -2.70.